The van der Waals surface area contributed by atoms with Gasteiger partial charge in [-0.1, -0.05) is 30.3 Å². The van der Waals surface area contributed by atoms with Gasteiger partial charge in [-0.15, -0.1) is 11.3 Å². The van der Waals surface area contributed by atoms with Crippen molar-refractivity contribution in [2.24, 2.45) is 0 Å². The number of benzene rings is 1. The molecular formula is C20H15NO2S. The number of carbonyl (C=O) groups excluding carboxylic acids is 2. The topological polar surface area (TPSA) is 46.2 Å². The largest absolute Gasteiger partial charge is 0.358 e. The van der Waals surface area contributed by atoms with Crippen molar-refractivity contribution in [1.29, 1.82) is 0 Å². The van der Waals surface area contributed by atoms with Crippen LogP contribution >= 0.6 is 11.3 Å². The molecule has 3 nitrogen and oxygen atoms in total. The van der Waals surface area contributed by atoms with E-state index >= 15 is 0 Å². The number of ketones is 2. The van der Waals surface area contributed by atoms with E-state index in [9.17, 15) is 9.59 Å². The van der Waals surface area contributed by atoms with Crippen molar-refractivity contribution < 1.29 is 9.59 Å². The molecule has 1 atom stereocenters. The number of hydrogen-bond donors (Lipinski definition) is 1. The molecule has 24 heavy (non-hydrogen) atoms. The van der Waals surface area contributed by atoms with E-state index in [4.69, 9.17) is 0 Å². The van der Waals surface area contributed by atoms with Crippen molar-refractivity contribution in [3.63, 3.8) is 0 Å². The fraction of sp³-hybridized carbons (Fsp3) is 0.200. The summed E-state index contributed by atoms with van der Waals surface area (Å²) in [6, 6.07) is 11.7. The smallest absolute Gasteiger partial charge is 0.192 e. The number of Topliss-reactive ketones (excluding diaryl/α,β-unsaturated/α-hetero) is 2. The van der Waals surface area contributed by atoms with Crippen molar-refractivity contribution in [2.75, 3.05) is 0 Å². The summed E-state index contributed by atoms with van der Waals surface area (Å²) >= 11 is 1.62. The molecule has 0 spiro atoms. The maximum absolute atomic E-state index is 13.1. The van der Waals surface area contributed by atoms with Crippen LogP contribution in [0.2, 0.25) is 0 Å². The molecule has 0 saturated heterocycles. The number of carbonyl (C=O) groups is 2. The number of fused-ring (bicyclic) bond motifs is 2. The lowest BCUT2D eigenvalue weighted by Gasteiger charge is -2.32. The molecule has 1 aliphatic heterocycles. The highest BCUT2D eigenvalue weighted by atomic mass is 32.1. The molecule has 0 bridgehead atoms. The van der Waals surface area contributed by atoms with Crippen molar-refractivity contribution in [1.82, 2.24) is 5.32 Å². The minimum Gasteiger partial charge on any atom is -0.358 e. The molecule has 0 saturated carbocycles. The highest BCUT2D eigenvalue weighted by Gasteiger charge is 2.43. The first-order valence-corrected chi connectivity index (χ1v) is 9.08. The maximum atomic E-state index is 13.1. The average Bonchev–Trinajstić information content (AvgIpc) is 3.22. The Balaban J connectivity index is 1.77. The number of allylic oxidation sites excluding steroid dienone is 3. The molecule has 3 aliphatic rings. The zero-order chi connectivity index (χ0) is 16.3. The van der Waals surface area contributed by atoms with Gasteiger partial charge in [0.1, 0.15) is 0 Å². The second kappa shape index (κ2) is 5.02. The fourth-order valence-electron chi connectivity index (χ4n) is 4.08. The van der Waals surface area contributed by atoms with E-state index in [2.05, 4.69) is 5.32 Å². The molecule has 1 N–H and O–H groups in total. The summed E-state index contributed by atoms with van der Waals surface area (Å²) in [5, 5.41) is 5.46. The summed E-state index contributed by atoms with van der Waals surface area (Å²) in [6.45, 7) is 0. The Hall–Kier alpha value is -2.46. The second-order valence-corrected chi connectivity index (χ2v) is 7.39. The van der Waals surface area contributed by atoms with E-state index < -0.39 is 0 Å². The summed E-state index contributed by atoms with van der Waals surface area (Å²) in [6.07, 6.45) is 2.32. The fourth-order valence-corrected chi connectivity index (χ4v) is 4.92. The molecule has 0 unspecified atom stereocenters. The molecule has 1 aromatic carbocycles. The molecule has 1 aromatic heterocycles. The Kier molecular flexibility index (Phi) is 2.91. The molecule has 118 valence electrons. The Morgan fingerprint density at radius 1 is 0.958 bits per heavy atom. The van der Waals surface area contributed by atoms with Gasteiger partial charge in [0.2, 0.25) is 0 Å². The zero-order valence-electron chi connectivity index (χ0n) is 13.0. The van der Waals surface area contributed by atoms with Crippen LogP contribution in [0, 0.1) is 0 Å². The standard InChI is InChI=1S/C20H15NO2S/c22-14-8-3-7-13-16(14)17(15-9-4-10-24-15)18-19(21-13)11-5-1-2-6-12(11)20(18)23/h1-2,4-6,9-10,17,21H,3,7-8H2/t17-/m1/s1. The second-order valence-electron chi connectivity index (χ2n) is 6.41. The summed E-state index contributed by atoms with van der Waals surface area (Å²) in [5.74, 6) is 0.0119. The third-order valence-electron chi connectivity index (χ3n) is 5.09. The van der Waals surface area contributed by atoms with Gasteiger partial charge in [0.15, 0.2) is 11.6 Å². The lowest BCUT2D eigenvalue weighted by atomic mass is 9.77. The molecule has 2 aliphatic carbocycles. The number of nitrogens with one attached hydrogen (secondary N) is 1. The number of rotatable bonds is 1. The quantitative estimate of drug-likeness (QED) is 0.856. The van der Waals surface area contributed by atoms with Crippen molar-refractivity contribution >= 4 is 28.6 Å². The Morgan fingerprint density at radius 3 is 2.58 bits per heavy atom. The molecule has 0 amide bonds. The predicted molar refractivity (Wildman–Crippen MR) is 93.8 cm³/mol. The first kappa shape index (κ1) is 13.9. The number of hydrogen-bond acceptors (Lipinski definition) is 4. The summed E-state index contributed by atoms with van der Waals surface area (Å²) in [4.78, 5) is 26.8. The van der Waals surface area contributed by atoms with Gasteiger partial charge in [0.25, 0.3) is 0 Å². The van der Waals surface area contributed by atoms with Gasteiger partial charge in [-0.05, 0) is 24.3 Å². The molecule has 2 aromatic rings. The Morgan fingerprint density at radius 2 is 1.79 bits per heavy atom. The molecule has 5 rings (SSSR count). The maximum Gasteiger partial charge on any atom is 0.192 e. The monoisotopic (exact) mass is 333 g/mol. The van der Waals surface area contributed by atoms with Crippen molar-refractivity contribution in [3.8, 4) is 0 Å². The average molecular weight is 333 g/mol. The highest BCUT2D eigenvalue weighted by Crippen LogP contribution is 2.49. The zero-order valence-corrected chi connectivity index (χ0v) is 13.8. The van der Waals surface area contributed by atoms with Crippen LogP contribution in [0.1, 0.15) is 46.0 Å². The van der Waals surface area contributed by atoms with E-state index in [0.717, 1.165) is 51.4 Å². The van der Waals surface area contributed by atoms with Gasteiger partial charge in [0.05, 0.1) is 11.6 Å². The summed E-state index contributed by atoms with van der Waals surface area (Å²) < 4.78 is 0. The predicted octanol–water partition coefficient (Wildman–Crippen LogP) is 4.05. The highest BCUT2D eigenvalue weighted by molar-refractivity contribution is 7.10. The van der Waals surface area contributed by atoms with Crippen LogP contribution in [0.25, 0.3) is 5.70 Å². The Bertz CT molecular complexity index is 950. The lowest BCUT2D eigenvalue weighted by Crippen LogP contribution is -2.31. The third kappa shape index (κ3) is 1.77. The van der Waals surface area contributed by atoms with Crippen LogP contribution in [-0.2, 0) is 4.79 Å². The minimum atomic E-state index is -0.219. The van der Waals surface area contributed by atoms with Crippen LogP contribution < -0.4 is 5.32 Å². The van der Waals surface area contributed by atoms with Crippen molar-refractivity contribution in [3.05, 3.63) is 74.6 Å². The van der Waals surface area contributed by atoms with Gasteiger partial charge in [-0.2, -0.15) is 0 Å². The van der Waals surface area contributed by atoms with Crippen LogP contribution in [0.5, 0.6) is 0 Å². The van der Waals surface area contributed by atoms with Crippen molar-refractivity contribution in [2.45, 2.75) is 25.2 Å². The van der Waals surface area contributed by atoms with Gasteiger partial charge >= 0.3 is 0 Å². The summed E-state index contributed by atoms with van der Waals surface area (Å²) in [5.41, 5.74) is 5.17. The normalized spacial score (nSPS) is 22.2. The van der Waals surface area contributed by atoms with Crippen LogP contribution in [0.15, 0.2) is 58.6 Å². The molecule has 4 heteroatoms. The van der Waals surface area contributed by atoms with Crippen LogP contribution in [0.4, 0.5) is 0 Å². The van der Waals surface area contributed by atoms with Crippen LogP contribution in [-0.4, -0.2) is 11.6 Å². The third-order valence-corrected chi connectivity index (χ3v) is 6.03. The summed E-state index contributed by atoms with van der Waals surface area (Å²) in [7, 11) is 0. The molecule has 0 radical (unpaired) electrons. The van der Waals surface area contributed by atoms with E-state index in [-0.39, 0.29) is 17.5 Å². The van der Waals surface area contributed by atoms with Gasteiger partial charge in [-0.25, -0.2) is 0 Å². The number of thiophene rings is 1. The number of dihydropyridines is 1. The SMILES string of the molecule is O=C1CCCC2=C1[C@@H](c1cccs1)C1=C(N2)c2ccccc2C1=O. The van der Waals surface area contributed by atoms with E-state index in [1.165, 1.54) is 0 Å². The molecule has 0 fully saturated rings. The van der Waals surface area contributed by atoms with Gasteiger partial charge in [-0.3, -0.25) is 9.59 Å². The first-order valence-electron chi connectivity index (χ1n) is 8.20. The first-order chi connectivity index (χ1) is 11.8. The van der Waals surface area contributed by atoms with Gasteiger partial charge < -0.3 is 5.32 Å². The van der Waals surface area contributed by atoms with E-state index in [1.54, 1.807) is 11.3 Å². The van der Waals surface area contributed by atoms with E-state index in [1.807, 2.05) is 41.8 Å². The molecular weight excluding hydrogens is 318 g/mol. The van der Waals surface area contributed by atoms with Gasteiger partial charge in [0, 0.05) is 39.3 Å². The lowest BCUT2D eigenvalue weighted by molar-refractivity contribution is -0.116. The Labute approximate surface area is 143 Å². The minimum absolute atomic E-state index is 0.0522. The van der Waals surface area contributed by atoms with Crippen LogP contribution in [0.3, 0.4) is 0 Å². The molecule has 2 heterocycles. The van der Waals surface area contributed by atoms with E-state index in [0.29, 0.717) is 6.42 Å².